The highest BCUT2D eigenvalue weighted by atomic mass is 35.5. The van der Waals surface area contributed by atoms with Crippen molar-refractivity contribution in [2.45, 2.75) is 67.7 Å². The number of carboxylic acids is 2. The maximum atomic E-state index is 13.8. The molecule has 12 aromatic rings. The number of phenols is 2. The lowest BCUT2D eigenvalue weighted by atomic mass is 9.88. The normalized spacial score (nSPS) is 11.4. The predicted octanol–water partition coefficient (Wildman–Crippen LogP) is 19.8. The Bertz CT molecular complexity index is 6420. The number of aryl methyl sites for hydroxylation is 5. The second-order valence-corrected chi connectivity index (χ2v) is 27.3. The number of aromatic hydroxyl groups is 2. The molecule has 21 heteroatoms. The fourth-order valence-corrected chi connectivity index (χ4v) is 14.5. The van der Waals surface area contributed by atoms with E-state index in [0.29, 0.717) is 117 Å². The molecule has 0 saturated carbocycles. The summed E-state index contributed by atoms with van der Waals surface area (Å²) in [5.41, 5.74) is 15.6. The molecule has 6 heterocycles. The lowest BCUT2D eigenvalue weighted by molar-refractivity contribution is 0.0686. The van der Waals surface area contributed by atoms with Gasteiger partial charge in [-0.05, 0) is 204 Å². The van der Waals surface area contributed by atoms with Gasteiger partial charge in [-0.25, -0.2) is 9.59 Å². The summed E-state index contributed by atoms with van der Waals surface area (Å²) in [6.07, 6.45) is 0. The first-order valence-electron chi connectivity index (χ1n) is 34.8. The van der Waals surface area contributed by atoms with Crippen molar-refractivity contribution in [1.82, 2.24) is 19.9 Å². The van der Waals surface area contributed by atoms with Crippen LogP contribution in [0.2, 0.25) is 10.0 Å². The van der Waals surface area contributed by atoms with Gasteiger partial charge in [0.2, 0.25) is 0 Å². The number of nitrogens with one attached hydrogen (secondary N) is 4. The topological polar surface area (TPSA) is 284 Å². The molecular weight excluding hydrogens is 1400 g/mol. The average Bonchev–Trinajstić information content (AvgIpc) is 0.737. The predicted molar refractivity (Wildman–Crippen MR) is 427 cm³/mol. The van der Waals surface area contributed by atoms with Crippen molar-refractivity contribution in [2.75, 3.05) is 27.9 Å². The van der Waals surface area contributed by atoms with Gasteiger partial charge in [0, 0.05) is 110 Å². The molecule has 536 valence electrons. The number of aromatic carboxylic acids is 2. The van der Waals surface area contributed by atoms with Crippen LogP contribution >= 0.6 is 23.2 Å². The van der Waals surface area contributed by atoms with Gasteiger partial charge < -0.3 is 55.3 Å². The molecular formula is C87H68Cl2N8O11. The van der Waals surface area contributed by atoms with E-state index in [0.717, 1.165) is 77.7 Å². The van der Waals surface area contributed by atoms with E-state index in [1.54, 1.807) is 91.0 Å². The number of hydrogen-bond acceptors (Lipinski definition) is 17. The molecule has 0 unspecified atom stereocenters. The van der Waals surface area contributed by atoms with Crippen LogP contribution in [0.1, 0.15) is 78.2 Å². The minimum atomic E-state index is -1.11. The minimum Gasteiger partial charge on any atom is -0.507 e. The molecule has 108 heavy (non-hydrogen) atoms. The molecule has 4 aromatic heterocycles. The van der Waals surface area contributed by atoms with Gasteiger partial charge in [-0.1, -0.05) is 65.7 Å². The number of fused-ring (bicyclic) bond motifs is 8. The number of benzene rings is 10. The smallest absolute Gasteiger partial charge is 0.336 e. The van der Waals surface area contributed by atoms with Crippen LogP contribution in [0.15, 0.2) is 213 Å². The minimum absolute atomic E-state index is 0.00434. The van der Waals surface area contributed by atoms with Crippen molar-refractivity contribution in [3.05, 3.63) is 286 Å². The second-order valence-electron chi connectivity index (χ2n) is 26.5. The molecule has 0 radical (unpaired) electrons. The number of carboxylic acid groups (broad SMARTS) is 2. The number of ether oxygens (including phenoxy) is 1. The standard InChI is InChI=1S/C45H38N4O6.C42H30Cl2N4O5/c1-5-54-31-20-30-9-7-26(4)49-42(30)37(21-31)47-23-35-39(51)17-15-33-40(27-10-12-28(13-11-27)45(52)53)32-14-16-38(50)34(43(32)55-44(33)35)22-46-36-19-24(2)18-29-8-6-25(3)48-41(29)36;1-21-7-9-25-31(43)13-15-33(38(25)47-21)45-19-29-35(49)17-11-27-37(23-5-3-4-6-24(23)42(51)52)28-12-18-36(50)30(41(28)53-40(27)29)20-46-34-16-14-32(44)26-10-8-22(2)48-39(26)34/h6-21,46-47,51H,5,22-23H2,1-4H3,(H,52,53);3-18,45-46,49H,19-20H2,1-2H3,(H,51,52). The number of pyridine rings is 4. The number of halogens is 2. The van der Waals surface area contributed by atoms with E-state index in [-0.39, 0.29) is 71.0 Å². The van der Waals surface area contributed by atoms with E-state index < -0.39 is 11.9 Å². The molecule has 0 saturated heterocycles. The molecule has 0 bridgehead atoms. The van der Waals surface area contributed by atoms with Crippen LogP contribution in [-0.4, -0.2) is 58.9 Å². The largest absolute Gasteiger partial charge is 0.507 e. The quantitative estimate of drug-likeness (QED) is 0.0371. The number of carbonyl (C=O) groups is 2. The number of rotatable bonds is 18. The average molecular weight is 1470 g/mol. The summed E-state index contributed by atoms with van der Waals surface area (Å²) in [4.78, 5) is 70.8. The van der Waals surface area contributed by atoms with Crippen molar-refractivity contribution in [3.8, 4) is 62.1 Å². The molecule has 8 N–H and O–H groups in total. The first-order valence-corrected chi connectivity index (χ1v) is 35.5. The van der Waals surface area contributed by atoms with Gasteiger partial charge in [0.1, 0.15) is 39.9 Å². The Labute approximate surface area is 627 Å². The van der Waals surface area contributed by atoms with E-state index in [1.807, 2.05) is 120 Å². The molecule has 19 nitrogen and oxygen atoms in total. The Morgan fingerprint density at radius 1 is 0.435 bits per heavy atom. The summed E-state index contributed by atoms with van der Waals surface area (Å²) in [6, 6.07) is 57.0. The van der Waals surface area contributed by atoms with Crippen LogP contribution in [0.5, 0.6) is 17.2 Å². The zero-order valence-electron chi connectivity index (χ0n) is 59.2. The zero-order chi connectivity index (χ0) is 75.3. The molecule has 0 atom stereocenters. The first-order chi connectivity index (χ1) is 52.2. The van der Waals surface area contributed by atoms with Crippen molar-refractivity contribution in [1.29, 1.82) is 0 Å². The summed E-state index contributed by atoms with van der Waals surface area (Å²) < 4.78 is 19.4. The first kappa shape index (κ1) is 70.6. The van der Waals surface area contributed by atoms with Crippen molar-refractivity contribution in [2.24, 2.45) is 0 Å². The van der Waals surface area contributed by atoms with Gasteiger partial charge in [0.25, 0.3) is 0 Å². The van der Waals surface area contributed by atoms with Gasteiger partial charge in [0.15, 0.2) is 10.9 Å². The van der Waals surface area contributed by atoms with Crippen LogP contribution in [0, 0.1) is 34.6 Å². The summed E-state index contributed by atoms with van der Waals surface area (Å²) in [5, 5.41) is 62.2. The lowest BCUT2D eigenvalue weighted by Gasteiger charge is -2.21. The Hall–Kier alpha value is -13.1. The van der Waals surface area contributed by atoms with Crippen LogP contribution in [-0.2, 0) is 26.2 Å². The number of aromatic nitrogens is 4. The van der Waals surface area contributed by atoms with E-state index in [9.17, 15) is 39.6 Å². The Kier molecular flexibility index (Phi) is 19.0. The van der Waals surface area contributed by atoms with Gasteiger partial charge in [-0.15, -0.1) is 0 Å². The third-order valence-electron chi connectivity index (χ3n) is 19.2. The van der Waals surface area contributed by atoms with Crippen LogP contribution < -0.4 is 36.9 Å². The summed E-state index contributed by atoms with van der Waals surface area (Å²) in [7, 11) is 0. The molecule has 0 amide bonds. The number of phenolic OH excluding ortho intramolecular Hbond substituents is 2. The fourth-order valence-electron chi connectivity index (χ4n) is 14.0. The van der Waals surface area contributed by atoms with Crippen LogP contribution in [0.3, 0.4) is 0 Å². The monoisotopic (exact) mass is 1470 g/mol. The Morgan fingerprint density at radius 2 is 0.889 bits per heavy atom. The molecule has 8 aromatic carbocycles. The Morgan fingerprint density at radius 3 is 1.41 bits per heavy atom. The molecule has 2 aliphatic heterocycles. The van der Waals surface area contributed by atoms with Gasteiger partial charge in [-0.3, -0.25) is 29.5 Å². The van der Waals surface area contributed by atoms with Crippen molar-refractivity contribution < 1.29 is 43.6 Å². The number of anilines is 4. The highest BCUT2D eigenvalue weighted by molar-refractivity contribution is 6.36. The summed E-state index contributed by atoms with van der Waals surface area (Å²) in [6.45, 7) is 12.5. The SMILES string of the molecule is CCOc1cc(NCc2c(O)ccc3c(-c4ccc(C(=O)O)cc4)c4ccc(=O)c(CNc5cc(C)cc6ccc(C)nc56)c-4oc23)c2nc(C)ccc2c1.Cc1ccc2c(Cl)ccc(NCc3c4oc5c(CNc6ccc(Cl)c7ccc(C)nc67)c(O)ccc5c(-c5ccccc5C(=O)O)c-4ccc3=O)c2n1. The lowest BCUT2D eigenvalue weighted by Crippen LogP contribution is -2.15. The highest BCUT2D eigenvalue weighted by Crippen LogP contribution is 2.48. The number of nitrogens with zero attached hydrogens (tertiary/aromatic N) is 4. The summed E-state index contributed by atoms with van der Waals surface area (Å²) in [5.74, 6) is -0.934. The van der Waals surface area contributed by atoms with E-state index in [1.165, 1.54) is 18.2 Å². The molecule has 0 fully saturated rings. The van der Waals surface area contributed by atoms with E-state index in [2.05, 4.69) is 27.3 Å². The summed E-state index contributed by atoms with van der Waals surface area (Å²) >= 11 is 13.0. The third-order valence-corrected chi connectivity index (χ3v) is 19.9. The van der Waals surface area contributed by atoms with Crippen LogP contribution in [0.4, 0.5) is 22.7 Å². The van der Waals surface area contributed by atoms with Gasteiger partial charge >= 0.3 is 11.9 Å². The van der Waals surface area contributed by atoms with E-state index in [4.69, 9.17) is 56.7 Å². The molecule has 4 aliphatic rings. The fraction of sp³-hybridized carbons (Fsp3) is 0.126. The second kappa shape index (κ2) is 29.1. The highest BCUT2D eigenvalue weighted by Gasteiger charge is 2.29. The molecule has 0 spiro atoms. The van der Waals surface area contributed by atoms with Crippen LogP contribution in [0.25, 0.3) is 110 Å². The number of hydrogen-bond donors (Lipinski definition) is 8. The molecule has 2 aliphatic carbocycles. The van der Waals surface area contributed by atoms with Crippen molar-refractivity contribution >= 4 is 123 Å². The maximum absolute atomic E-state index is 13.8. The maximum Gasteiger partial charge on any atom is 0.336 e. The third kappa shape index (κ3) is 13.5. The van der Waals surface area contributed by atoms with Gasteiger partial charge in [0.05, 0.1) is 94.8 Å². The zero-order valence-corrected chi connectivity index (χ0v) is 60.7. The molecule has 16 rings (SSSR count). The Balaban J connectivity index is 0.000000172. The van der Waals surface area contributed by atoms with Crippen molar-refractivity contribution in [3.63, 3.8) is 0 Å². The van der Waals surface area contributed by atoms with Gasteiger partial charge in [-0.2, -0.15) is 0 Å². The van der Waals surface area contributed by atoms with E-state index >= 15 is 0 Å².